The van der Waals surface area contributed by atoms with Gasteiger partial charge in [-0.25, -0.2) is 0 Å². The highest BCUT2D eigenvalue weighted by Crippen LogP contribution is 2.34. The Morgan fingerprint density at radius 2 is 1.47 bits per heavy atom. The largest absolute Gasteiger partial charge is 0.463 e. The van der Waals surface area contributed by atoms with Gasteiger partial charge in [0.2, 0.25) is 12.4 Å². The van der Waals surface area contributed by atoms with Crippen molar-refractivity contribution in [2.45, 2.75) is 58.4 Å². The highest BCUT2D eigenvalue weighted by atomic mass is 79.9. The topological polar surface area (TPSA) is 124 Å². The zero-order valence-corrected chi connectivity index (χ0v) is 20.0. The lowest BCUT2D eigenvalue weighted by molar-refractivity contribution is -0.288. The molecule has 32 heavy (non-hydrogen) atoms. The van der Waals surface area contributed by atoms with Gasteiger partial charge in [0.1, 0.15) is 18.5 Å². The summed E-state index contributed by atoms with van der Waals surface area (Å²) >= 11 is 9.50. The lowest BCUT2D eigenvalue weighted by Crippen LogP contribution is -2.63. The van der Waals surface area contributed by atoms with Gasteiger partial charge < -0.3 is 28.4 Å². The summed E-state index contributed by atoms with van der Waals surface area (Å²) in [5.74, 6) is -2.63. The molecule has 12 heteroatoms. The summed E-state index contributed by atoms with van der Waals surface area (Å²) in [6.45, 7) is 4.24. The number of carbonyl (C=O) groups excluding carboxylic acids is 4. The second-order valence-electron chi connectivity index (χ2n) is 6.76. The maximum atomic E-state index is 11.8. The number of esters is 4. The first kappa shape index (κ1) is 25.9. The monoisotopic (exact) mass is 536 g/mol. The number of benzene rings is 1. The second-order valence-corrected chi connectivity index (χ2v) is 8.08. The molecule has 1 aromatic carbocycles. The van der Waals surface area contributed by atoms with Crippen molar-refractivity contribution in [1.29, 1.82) is 0 Å². The van der Waals surface area contributed by atoms with Gasteiger partial charge in [0.15, 0.2) is 12.2 Å². The van der Waals surface area contributed by atoms with Crippen molar-refractivity contribution < 1.29 is 47.6 Å². The summed E-state index contributed by atoms with van der Waals surface area (Å²) in [4.78, 5) is 46.7. The second kappa shape index (κ2) is 11.5. The van der Waals surface area contributed by atoms with Crippen LogP contribution >= 0.6 is 27.5 Å². The molecule has 1 aliphatic heterocycles. The molecule has 0 saturated carbocycles. The van der Waals surface area contributed by atoms with Gasteiger partial charge >= 0.3 is 23.9 Å². The zero-order valence-electron chi connectivity index (χ0n) is 17.7. The molecule has 1 aromatic rings. The molecule has 0 bridgehead atoms. The van der Waals surface area contributed by atoms with Crippen molar-refractivity contribution in [3.05, 3.63) is 27.7 Å². The van der Waals surface area contributed by atoms with E-state index in [-0.39, 0.29) is 17.4 Å². The zero-order chi connectivity index (χ0) is 24.0. The van der Waals surface area contributed by atoms with E-state index in [1.807, 2.05) is 0 Å². The molecule has 1 heterocycles. The maximum Gasteiger partial charge on any atom is 0.303 e. The molecule has 1 saturated heterocycles. The predicted octanol–water partition coefficient (Wildman–Crippen LogP) is 2.56. The molecule has 0 amide bonds. The van der Waals surface area contributed by atoms with Gasteiger partial charge in [-0.1, -0.05) is 27.5 Å². The molecule has 176 valence electrons. The lowest BCUT2D eigenvalue weighted by atomic mass is 9.98. The van der Waals surface area contributed by atoms with Gasteiger partial charge in [0.05, 0.1) is 5.02 Å². The Kier molecular flexibility index (Phi) is 9.29. The predicted molar refractivity (Wildman–Crippen MR) is 112 cm³/mol. The molecule has 2 rings (SSSR count). The molecular weight excluding hydrogens is 516 g/mol. The quantitative estimate of drug-likeness (QED) is 0.379. The highest BCUT2D eigenvalue weighted by Gasteiger charge is 2.53. The van der Waals surface area contributed by atoms with Crippen LogP contribution in [0.4, 0.5) is 0 Å². The van der Waals surface area contributed by atoms with Crippen molar-refractivity contribution in [3.63, 3.8) is 0 Å². The Labute approximate surface area is 197 Å². The van der Waals surface area contributed by atoms with Crippen LogP contribution in [0.5, 0.6) is 5.75 Å². The smallest absolute Gasteiger partial charge is 0.303 e. The van der Waals surface area contributed by atoms with Crippen molar-refractivity contribution in [2.75, 3.05) is 6.61 Å². The number of ether oxygens (including phenoxy) is 6. The number of hydrogen-bond acceptors (Lipinski definition) is 10. The number of hydrogen-bond donors (Lipinski definition) is 0. The maximum absolute atomic E-state index is 11.8. The molecule has 3 unspecified atom stereocenters. The van der Waals surface area contributed by atoms with E-state index in [2.05, 4.69) is 15.9 Å². The molecule has 0 aliphatic carbocycles. The fourth-order valence-corrected chi connectivity index (χ4v) is 3.70. The van der Waals surface area contributed by atoms with E-state index < -0.39 is 54.6 Å². The molecule has 0 aromatic heterocycles. The summed E-state index contributed by atoms with van der Waals surface area (Å²) in [6, 6.07) is 4.77. The van der Waals surface area contributed by atoms with Gasteiger partial charge in [-0.2, -0.15) is 0 Å². The minimum absolute atomic E-state index is 0.177. The van der Waals surface area contributed by atoms with Gasteiger partial charge in [0.25, 0.3) is 0 Å². The summed E-state index contributed by atoms with van der Waals surface area (Å²) in [7, 11) is 0. The minimum atomic E-state index is -1.35. The molecule has 0 N–H and O–H groups in total. The Balaban J connectivity index is 2.47. The van der Waals surface area contributed by atoms with Crippen LogP contribution in [0.2, 0.25) is 5.02 Å². The van der Waals surface area contributed by atoms with E-state index in [0.717, 1.165) is 20.8 Å². The molecular formula is C20H22BrClO10. The molecule has 0 radical (unpaired) electrons. The Bertz CT molecular complexity index is 876. The molecule has 5 atom stereocenters. The van der Waals surface area contributed by atoms with E-state index >= 15 is 0 Å². The van der Waals surface area contributed by atoms with E-state index in [4.69, 9.17) is 40.0 Å². The Hall–Kier alpha value is -2.37. The average molecular weight is 538 g/mol. The van der Waals surface area contributed by atoms with Crippen molar-refractivity contribution >= 4 is 51.4 Å². The Morgan fingerprint density at radius 1 is 0.906 bits per heavy atom. The van der Waals surface area contributed by atoms with E-state index in [1.54, 1.807) is 18.2 Å². The third-order valence-electron chi connectivity index (χ3n) is 4.09. The molecule has 1 aliphatic rings. The number of carbonyl (C=O) groups is 4. The van der Waals surface area contributed by atoms with Crippen molar-refractivity contribution in [3.8, 4) is 5.75 Å². The number of halogens is 2. The fraction of sp³-hybridized carbons (Fsp3) is 0.500. The van der Waals surface area contributed by atoms with Crippen LogP contribution in [-0.4, -0.2) is 61.2 Å². The van der Waals surface area contributed by atoms with Crippen LogP contribution in [0.3, 0.4) is 0 Å². The van der Waals surface area contributed by atoms with Gasteiger partial charge in [0, 0.05) is 32.2 Å². The van der Waals surface area contributed by atoms with Crippen LogP contribution in [0.1, 0.15) is 27.7 Å². The van der Waals surface area contributed by atoms with E-state index in [1.165, 1.54) is 6.92 Å². The fourth-order valence-electron chi connectivity index (χ4n) is 2.98. The molecule has 10 nitrogen and oxygen atoms in total. The Morgan fingerprint density at radius 3 is 2.00 bits per heavy atom. The standard InChI is InChI=1S/C20H22BrClO10/c1-9(23)27-8-16-17(28-10(2)24)18(29-11(3)25)19(30-12(4)26)20(32-16)31-15-6-5-13(21)7-14(15)22/h5-7,16-20H,8H2,1-4H3/t16?,17-,18?,19?,20-/m0/s1. The van der Waals surface area contributed by atoms with E-state index in [0.29, 0.717) is 4.47 Å². The third kappa shape index (κ3) is 7.35. The average Bonchev–Trinajstić information content (AvgIpc) is 2.65. The summed E-state index contributed by atoms with van der Waals surface area (Å²) in [5.41, 5.74) is 0. The molecule has 1 fully saturated rings. The summed E-state index contributed by atoms with van der Waals surface area (Å²) in [6.07, 6.45) is -6.39. The van der Waals surface area contributed by atoms with Crippen molar-refractivity contribution in [2.24, 2.45) is 0 Å². The SMILES string of the molecule is CC(=O)OCC1O[C@H](Oc2ccc(Br)cc2Cl)C(OC(C)=O)C(OC(C)=O)[C@H]1OC(C)=O. The first-order valence-corrected chi connectivity index (χ1v) is 10.6. The highest BCUT2D eigenvalue weighted by molar-refractivity contribution is 9.10. The summed E-state index contributed by atoms with van der Waals surface area (Å²) in [5, 5.41) is 0.215. The van der Waals surface area contributed by atoms with Crippen LogP contribution in [0, 0.1) is 0 Å². The summed E-state index contributed by atoms with van der Waals surface area (Å²) < 4.78 is 33.3. The minimum Gasteiger partial charge on any atom is -0.463 e. The van der Waals surface area contributed by atoms with Gasteiger partial charge in [-0.15, -0.1) is 0 Å². The first-order valence-electron chi connectivity index (χ1n) is 9.40. The molecule has 0 spiro atoms. The van der Waals surface area contributed by atoms with Crippen LogP contribution in [0.25, 0.3) is 0 Å². The number of rotatable bonds is 7. The first-order chi connectivity index (χ1) is 15.0. The van der Waals surface area contributed by atoms with Crippen LogP contribution < -0.4 is 4.74 Å². The van der Waals surface area contributed by atoms with Crippen molar-refractivity contribution in [1.82, 2.24) is 0 Å². The van der Waals surface area contributed by atoms with Gasteiger partial charge in [-0.3, -0.25) is 19.2 Å². The van der Waals surface area contributed by atoms with Crippen LogP contribution in [0.15, 0.2) is 22.7 Å². The van der Waals surface area contributed by atoms with Crippen LogP contribution in [-0.2, 0) is 42.9 Å². The third-order valence-corrected chi connectivity index (χ3v) is 4.87. The van der Waals surface area contributed by atoms with Gasteiger partial charge in [-0.05, 0) is 18.2 Å². The normalized spacial score (nSPS) is 24.8. The lowest BCUT2D eigenvalue weighted by Gasteiger charge is -2.44. The van der Waals surface area contributed by atoms with E-state index in [9.17, 15) is 19.2 Å².